The zero-order valence-electron chi connectivity index (χ0n) is 53.7. The summed E-state index contributed by atoms with van der Waals surface area (Å²) in [6, 6.07) is 79.6. The first-order valence-electron chi connectivity index (χ1n) is 32.2. The van der Waals surface area contributed by atoms with E-state index in [9.17, 15) is 24.0 Å². The van der Waals surface area contributed by atoms with Crippen LogP contribution in [0, 0.1) is 0 Å². The molecular weight excluding hydrogens is 1270 g/mol. The van der Waals surface area contributed by atoms with Gasteiger partial charge >= 0.3 is 41.8 Å². The molecule has 2 saturated heterocycles. The normalized spacial score (nSPS) is 20.0. The minimum absolute atomic E-state index is 0.0276. The Morgan fingerprint density at radius 2 is 0.510 bits per heavy atom. The Kier molecular flexibility index (Phi) is 22.4. The van der Waals surface area contributed by atoms with Crippen molar-refractivity contribution in [3.63, 3.8) is 0 Å². The number of carbonyl (C=O) groups is 7. The van der Waals surface area contributed by atoms with Crippen LogP contribution in [0.15, 0.2) is 298 Å². The van der Waals surface area contributed by atoms with Crippen molar-refractivity contribution >= 4 is 41.8 Å². The van der Waals surface area contributed by atoms with E-state index in [-0.39, 0.29) is 45.6 Å². The number of rotatable bonds is 24. The van der Waals surface area contributed by atoms with Crippen LogP contribution in [-0.2, 0) is 52.1 Å². The highest BCUT2D eigenvalue weighted by molar-refractivity contribution is 5.94. The Balaban J connectivity index is 0.961. The zero-order valence-corrected chi connectivity index (χ0v) is 53.7. The minimum atomic E-state index is -1.93. The fraction of sp³-hybridized carbons (Fsp3) is 0.159. The van der Waals surface area contributed by atoms with Gasteiger partial charge < -0.3 is 52.1 Å². The second-order valence-corrected chi connectivity index (χ2v) is 23.2. The average molecular weight is 1340 g/mol. The van der Waals surface area contributed by atoms with Crippen molar-refractivity contribution in [2.45, 2.75) is 61.4 Å². The van der Waals surface area contributed by atoms with Gasteiger partial charge in [0.15, 0.2) is 49.2 Å². The van der Waals surface area contributed by atoms with Crippen LogP contribution in [0.5, 0.6) is 0 Å². The summed E-state index contributed by atoms with van der Waals surface area (Å²) in [7, 11) is 0. The number of benzene rings is 10. The number of hydrogen-bond donors (Lipinski definition) is 0. The van der Waals surface area contributed by atoms with Crippen molar-refractivity contribution in [3.05, 3.63) is 337 Å². The van der Waals surface area contributed by atoms with Gasteiger partial charge in [-0.1, -0.05) is 206 Å². The minimum Gasteiger partial charge on any atom is -0.459 e. The van der Waals surface area contributed by atoms with E-state index in [2.05, 4.69) is 6.58 Å². The van der Waals surface area contributed by atoms with Gasteiger partial charge in [0, 0.05) is 0 Å². The summed E-state index contributed by atoms with van der Waals surface area (Å²) in [5.41, 5.74) is 5.38. The highest BCUT2D eigenvalue weighted by Gasteiger charge is 2.57. The molecule has 0 bridgehead atoms. The highest BCUT2D eigenvalue weighted by Crippen LogP contribution is 2.36. The molecule has 10 atom stereocenters. The van der Waals surface area contributed by atoms with E-state index in [0.29, 0.717) is 0 Å². The molecule has 0 spiro atoms. The third kappa shape index (κ3) is 16.9. The van der Waals surface area contributed by atoms with Gasteiger partial charge in [0.25, 0.3) is 0 Å². The first-order valence-corrected chi connectivity index (χ1v) is 32.2. The van der Waals surface area contributed by atoms with Gasteiger partial charge in [0.2, 0.25) is 0 Å². The Bertz CT molecular complexity index is 4400. The quantitative estimate of drug-likeness (QED) is 0.0312. The summed E-state index contributed by atoms with van der Waals surface area (Å²) >= 11 is 0. The molecule has 10 aromatic rings. The molecule has 2 heterocycles. The topological polar surface area (TPSA) is 221 Å². The zero-order chi connectivity index (χ0) is 69.2. The number of esters is 7. The molecule has 12 rings (SSSR count). The fourth-order valence-electron chi connectivity index (χ4n) is 11.4. The molecule has 0 N–H and O–H groups in total. The van der Waals surface area contributed by atoms with E-state index in [1.54, 1.807) is 146 Å². The van der Waals surface area contributed by atoms with Crippen LogP contribution in [0.25, 0.3) is 33.4 Å². The molecule has 2 aliphatic heterocycles. The maximum Gasteiger partial charge on any atom is 0.338 e. The summed E-state index contributed by atoms with van der Waals surface area (Å²) in [6.07, 6.45) is -16.4. The van der Waals surface area contributed by atoms with Crippen LogP contribution < -0.4 is 0 Å². The number of ether oxygens (including phenoxy) is 11. The molecule has 100 heavy (non-hydrogen) atoms. The SMILES string of the molecule is C=CCO[C@@H]1O[C@H](CO[C@@H]2O[C@H](COC(=O)c3ccccc3)[C@H](OC(=O)c3ccccc3)[C@H](OC(=O)c3ccccc3)[C@H]2OC(=O)c2ccccc2)[C@H](OC(=O)c2ccc(-c3ccccc3)cc2)[C@H](OC(=O)c2ccc(-c3ccccc3)cc2)[C@H]1OC(=O)c1ccc(-c2ccccc2)cc1. The van der Waals surface area contributed by atoms with Gasteiger partial charge in [-0.2, -0.15) is 0 Å². The van der Waals surface area contributed by atoms with Gasteiger partial charge in [-0.05, 0) is 118 Å². The van der Waals surface area contributed by atoms with Crippen LogP contribution in [-0.4, -0.2) is 123 Å². The lowest BCUT2D eigenvalue weighted by molar-refractivity contribution is -0.327. The van der Waals surface area contributed by atoms with Gasteiger partial charge in [0.1, 0.15) is 18.8 Å². The molecule has 0 aromatic heterocycles. The lowest BCUT2D eigenvalue weighted by Gasteiger charge is -2.46. The Hall–Kier alpha value is -11.9. The third-order valence-electron chi connectivity index (χ3n) is 16.5. The number of hydrogen-bond acceptors (Lipinski definition) is 18. The van der Waals surface area contributed by atoms with Crippen molar-refractivity contribution in [1.82, 2.24) is 0 Å². The summed E-state index contributed by atoms with van der Waals surface area (Å²) in [4.78, 5) is 102. The summed E-state index contributed by atoms with van der Waals surface area (Å²) in [5.74, 6) is -6.54. The Morgan fingerprint density at radius 3 is 0.820 bits per heavy atom. The van der Waals surface area contributed by atoms with E-state index < -0.39 is 116 Å². The van der Waals surface area contributed by atoms with E-state index in [1.807, 2.05) is 91.0 Å². The first-order chi connectivity index (χ1) is 48.9. The monoisotopic (exact) mass is 1340 g/mol. The molecule has 0 amide bonds. The third-order valence-corrected chi connectivity index (χ3v) is 16.5. The lowest BCUT2D eigenvalue weighted by Crippen LogP contribution is -2.65. The second kappa shape index (κ2) is 32.9. The average Bonchev–Trinajstić information content (AvgIpc) is 0.774. The molecule has 18 heteroatoms. The van der Waals surface area contributed by atoms with Crippen LogP contribution in [0.3, 0.4) is 0 Å². The fourth-order valence-corrected chi connectivity index (χ4v) is 11.4. The predicted molar refractivity (Wildman–Crippen MR) is 366 cm³/mol. The molecule has 0 radical (unpaired) electrons. The molecule has 18 nitrogen and oxygen atoms in total. The lowest BCUT2D eigenvalue weighted by atomic mass is 9.96. The molecule has 2 fully saturated rings. The predicted octanol–water partition coefficient (Wildman–Crippen LogP) is 13.9. The molecule has 0 saturated carbocycles. The van der Waals surface area contributed by atoms with Crippen molar-refractivity contribution in [3.8, 4) is 33.4 Å². The molecule has 2 aliphatic rings. The number of carbonyl (C=O) groups excluding carboxylic acids is 7. The van der Waals surface area contributed by atoms with Crippen LogP contribution in [0.4, 0.5) is 0 Å². The van der Waals surface area contributed by atoms with E-state index in [4.69, 9.17) is 52.1 Å². The maximum absolute atomic E-state index is 15.1. The molecule has 10 aromatic carbocycles. The van der Waals surface area contributed by atoms with Gasteiger partial charge in [0.05, 0.1) is 52.2 Å². The smallest absolute Gasteiger partial charge is 0.338 e. The van der Waals surface area contributed by atoms with Crippen molar-refractivity contribution in [2.24, 2.45) is 0 Å². The highest BCUT2D eigenvalue weighted by atomic mass is 16.8. The van der Waals surface area contributed by atoms with E-state index >= 15 is 9.59 Å². The molecular formula is C82H66O18. The van der Waals surface area contributed by atoms with Crippen LogP contribution >= 0.6 is 0 Å². The van der Waals surface area contributed by atoms with Gasteiger partial charge in [-0.3, -0.25) is 0 Å². The summed E-state index contributed by atoms with van der Waals surface area (Å²) in [6.45, 7) is 2.11. The van der Waals surface area contributed by atoms with E-state index in [1.165, 1.54) is 54.6 Å². The van der Waals surface area contributed by atoms with Gasteiger partial charge in [-0.25, -0.2) is 33.6 Å². The molecule has 502 valence electrons. The van der Waals surface area contributed by atoms with Crippen molar-refractivity contribution in [1.29, 1.82) is 0 Å². The summed E-state index contributed by atoms with van der Waals surface area (Å²) < 4.78 is 71.0. The van der Waals surface area contributed by atoms with Crippen LogP contribution in [0.1, 0.15) is 72.5 Å². The molecule has 0 aliphatic carbocycles. The van der Waals surface area contributed by atoms with E-state index in [0.717, 1.165) is 33.4 Å². The standard InChI is InChI=1S/C82H66O18/c1-2-50-90-81-72(99-80(89)65-48-42-58(43-49-65)55-28-14-5-15-29-55)70(98-79(88)64-46-40-57(41-47-64)54-26-12-4-13-27-54)69(96-78(87)63-44-38-56(39-45-63)53-24-10-3-11-25-53)67(93-81)52-92-82-73(100-77(86)62-36-22-9-23-37-62)71(97-76(85)61-34-20-8-21-35-61)68(95-75(84)60-32-18-7-19-33-60)66(94-82)51-91-74(83)59-30-16-6-17-31-59/h2-49,66-73,81-82H,1,50-52H2/t66-,67-,68+,69+,70+,71+,72-,73-,81-,82-/m1/s1. The first kappa shape index (κ1) is 68.0. The maximum atomic E-state index is 15.1. The summed E-state index contributed by atoms with van der Waals surface area (Å²) in [5, 5.41) is 0. The Morgan fingerprint density at radius 1 is 0.270 bits per heavy atom. The Labute approximate surface area is 576 Å². The van der Waals surface area contributed by atoms with Crippen molar-refractivity contribution < 1.29 is 85.7 Å². The van der Waals surface area contributed by atoms with Crippen LogP contribution in [0.2, 0.25) is 0 Å². The van der Waals surface area contributed by atoms with Gasteiger partial charge in [-0.15, -0.1) is 6.58 Å². The molecule has 0 unspecified atom stereocenters. The van der Waals surface area contributed by atoms with Crippen molar-refractivity contribution in [2.75, 3.05) is 19.8 Å². The second-order valence-electron chi connectivity index (χ2n) is 23.2. The largest absolute Gasteiger partial charge is 0.459 e.